The molecule has 1 unspecified atom stereocenters. The van der Waals surface area contributed by atoms with Gasteiger partial charge in [0.1, 0.15) is 5.75 Å². The first kappa shape index (κ1) is 11.4. The number of phenolic OH excluding ortho intramolecular Hbond substituents is 1. The molecule has 1 aromatic rings. The van der Waals surface area contributed by atoms with Gasteiger partial charge in [0, 0.05) is 10.5 Å². The van der Waals surface area contributed by atoms with Gasteiger partial charge in [0.25, 0.3) is 0 Å². The van der Waals surface area contributed by atoms with Gasteiger partial charge in [0.2, 0.25) is 0 Å². The van der Waals surface area contributed by atoms with E-state index in [9.17, 15) is 5.11 Å². The fraction of sp³-hybridized carbons (Fsp3) is 0.400. The summed E-state index contributed by atoms with van der Waals surface area (Å²) in [7, 11) is 0. The van der Waals surface area contributed by atoms with Gasteiger partial charge >= 0.3 is 0 Å². The SMILES string of the molecule is CSc1ccc(O)c(C(C)(N)CO)c1. The van der Waals surface area contributed by atoms with Crippen LogP contribution in [0.1, 0.15) is 12.5 Å². The molecule has 1 atom stereocenters. The summed E-state index contributed by atoms with van der Waals surface area (Å²) in [5.41, 5.74) is 5.53. The van der Waals surface area contributed by atoms with Crippen LogP contribution in [0.15, 0.2) is 23.1 Å². The highest BCUT2D eigenvalue weighted by Crippen LogP contribution is 2.30. The van der Waals surface area contributed by atoms with Crippen molar-refractivity contribution in [2.75, 3.05) is 12.9 Å². The summed E-state index contributed by atoms with van der Waals surface area (Å²) in [5, 5.41) is 18.7. The summed E-state index contributed by atoms with van der Waals surface area (Å²) < 4.78 is 0. The molecule has 1 rings (SSSR count). The molecule has 0 aliphatic rings. The summed E-state index contributed by atoms with van der Waals surface area (Å²) >= 11 is 1.57. The van der Waals surface area contributed by atoms with Gasteiger partial charge in [-0.15, -0.1) is 11.8 Å². The molecule has 4 heteroatoms. The first-order chi connectivity index (χ1) is 6.51. The van der Waals surface area contributed by atoms with E-state index in [-0.39, 0.29) is 12.4 Å². The van der Waals surface area contributed by atoms with Crippen LogP contribution in [0.4, 0.5) is 0 Å². The lowest BCUT2D eigenvalue weighted by atomic mass is 9.93. The van der Waals surface area contributed by atoms with Crippen LogP contribution >= 0.6 is 11.8 Å². The molecule has 4 N–H and O–H groups in total. The predicted octanol–water partition coefficient (Wildman–Crippen LogP) is 1.28. The number of rotatable bonds is 3. The largest absolute Gasteiger partial charge is 0.508 e. The minimum absolute atomic E-state index is 0.127. The van der Waals surface area contributed by atoms with Gasteiger partial charge in [-0.1, -0.05) is 0 Å². The molecule has 0 heterocycles. The van der Waals surface area contributed by atoms with Crippen LogP contribution in [0.25, 0.3) is 0 Å². The molecule has 0 radical (unpaired) electrons. The molecule has 78 valence electrons. The molecule has 0 aromatic heterocycles. The molecule has 0 amide bonds. The minimum atomic E-state index is -0.893. The van der Waals surface area contributed by atoms with E-state index in [2.05, 4.69) is 0 Å². The number of thioether (sulfide) groups is 1. The van der Waals surface area contributed by atoms with Crippen molar-refractivity contribution in [1.82, 2.24) is 0 Å². The highest BCUT2D eigenvalue weighted by Gasteiger charge is 2.23. The van der Waals surface area contributed by atoms with Crippen molar-refractivity contribution < 1.29 is 10.2 Å². The minimum Gasteiger partial charge on any atom is -0.508 e. The summed E-state index contributed by atoms with van der Waals surface area (Å²) in [6.07, 6.45) is 1.95. The van der Waals surface area contributed by atoms with Crippen LogP contribution in [-0.2, 0) is 5.54 Å². The molecule has 0 fully saturated rings. The topological polar surface area (TPSA) is 66.5 Å². The number of aromatic hydroxyl groups is 1. The normalized spacial score (nSPS) is 15.1. The van der Waals surface area contributed by atoms with Crippen LogP contribution in [0, 0.1) is 0 Å². The summed E-state index contributed by atoms with van der Waals surface area (Å²) in [6.45, 7) is 1.49. The quantitative estimate of drug-likeness (QED) is 0.662. The number of nitrogens with two attached hydrogens (primary N) is 1. The van der Waals surface area contributed by atoms with Gasteiger partial charge in [-0.3, -0.25) is 0 Å². The molecule has 0 aliphatic heterocycles. The fourth-order valence-corrected chi connectivity index (χ4v) is 1.62. The third kappa shape index (κ3) is 2.20. The first-order valence-electron chi connectivity index (χ1n) is 4.28. The van der Waals surface area contributed by atoms with Gasteiger partial charge in [-0.25, -0.2) is 0 Å². The lowest BCUT2D eigenvalue weighted by molar-refractivity contribution is 0.206. The Balaban J connectivity index is 3.18. The maximum absolute atomic E-state index is 9.60. The zero-order valence-electron chi connectivity index (χ0n) is 8.32. The standard InChI is InChI=1S/C10H15NO2S/c1-10(11,6-12)8-5-7(14-2)3-4-9(8)13/h3-5,12-13H,6,11H2,1-2H3. The van der Waals surface area contributed by atoms with Crippen molar-refractivity contribution in [2.24, 2.45) is 5.73 Å². The van der Waals surface area contributed by atoms with Crippen LogP contribution < -0.4 is 5.73 Å². The molecule has 3 nitrogen and oxygen atoms in total. The smallest absolute Gasteiger partial charge is 0.120 e. The van der Waals surface area contributed by atoms with Crippen molar-refractivity contribution in [3.05, 3.63) is 23.8 Å². The van der Waals surface area contributed by atoms with Gasteiger partial charge < -0.3 is 15.9 Å². The number of hydrogen-bond acceptors (Lipinski definition) is 4. The third-order valence-electron chi connectivity index (χ3n) is 2.15. The Hall–Kier alpha value is -0.710. The Morgan fingerprint density at radius 1 is 1.50 bits per heavy atom. The van der Waals surface area contributed by atoms with Gasteiger partial charge in [-0.2, -0.15) is 0 Å². The van der Waals surface area contributed by atoms with Crippen LogP contribution in [0.2, 0.25) is 0 Å². The van der Waals surface area contributed by atoms with E-state index in [0.717, 1.165) is 4.90 Å². The van der Waals surface area contributed by atoms with Crippen molar-refractivity contribution >= 4 is 11.8 Å². The first-order valence-corrected chi connectivity index (χ1v) is 5.51. The van der Waals surface area contributed by atoms with Crippen LogP contribution in [0.3, 0.4) is 0 Å². The number of aliphatic hydroxyl groups is 1. The maximum Gasteiger partial charge on any atom is 0.120 e. The van der Waals surface area contributed by atoms with Crippen LogP contribution in [0.5, 0.6) is 5.75 Å². The number of aliphatic hydroxyl groups excluding tert-OH is 1. The molecular weight excluding hydrogens is 198 g/mol. The molecular formula is C10H15NO2S. The number of benzene rings is 1. The zero-order chi connectivity index (χ0) is 10.8. The second-order valence-corrected chi connectivity index (χ2v) is 4.34. The fourth-order valence-electron chi connectivity index (χ4n) is 1.18. The summed E-state index contributed by atoms with van der Waals surface area (Å²) in [5.74, 6) is 0.127. The Morgan fingerprint density at radius 3 is 2.64 bits per heavy atom. The van der Waals surface area contributed by atoms with Gasteiger partial charge in [0.15, 0.2) is 0 Å². The number of hydrogen-bond donors (Lipinski definition) is 3. The lowest BCUT2D eigenvalue weighted by Crippen LogP contribution is -2.37. The van der Waals surface area contributed by atoms with Gasteiger partial charge in [0.05, 0.1) is 12.1 Å². The van der Waals surface area contributed by atoms with E-state index < -0.39 is 5.54 Å². The second-order valence-electron chi connectivity index (χ2n) is 3.46. The third-order valence-corrected chi connectivity index (χ3v) is 2.87. The van der Waals surface area contributed by atoms with Crippen molar-refractivity contribution in [3.8, 4) is 5.75 Å². The second kappa shape index (κ2) is 4.21. The Bertz CT molecular complexity index is 326. The van der Waals surface area contributed by atoms with Crippen LogP contribution in [-0.4, -0.2) is 23.1 Å². The Morgan fingerprint density at radius 2 is 2.14 bits per heavy atom. The molecule has 0 aliphatic carbocycles. The van der Waals surface area contributed by atoms with Crippen molar-refractivity contribution in [3.63, 3.8) is 0 Å². The molecule has 0 saturated heterocycles. The summed E-state index contributed by atoms with van der Waals surface area (Å²) in [6, 6.07) is 5.22. The van der Waals surface area contributed by atoms with Crippen molar-refractivity contribution in [1.29, 1.82) is 0 Å². The van der Waals surface area contributed by atoms with Gasteiger partial charge in [-0.05, 0) is 31.4 Å². The maximum atomic E-state index is 9.60. The molecule has 1 aromatic carbocycles. The van der Waals surface area contributed by atoms with E-state index in [0.29, 0.717) is 5.56 Å². The average molecular weight is 213 g/mol. The monoisotopic (exact) mass is 213 g/mol. The molecule has 0 saturated carbocycles. The highest BCUT2D eigenvalue weighted by atomic mass is 32.2. The Labute approximate surface area is 87.9 Å². The summed E-state index contributed by atoms with van der Waals surface area (Å²) in [4.78, 5) is 1.02. The predicted molar refractivity (Wildman–Crippen MR) is 58.5 cm³/mol. The lowest BCUT2D eigenvalue weighted by Gasteiger charge is -2.23. The molecule has 14 heavy (non-hydrogen) atoms. The Kier molecular flexibility index (Phi) is 3.42. The van der Waals surface area contributed by atoms with Crippen molar-refractivity contribution in [2.45, 2.75) is 17.4 Å². The van der Waals surface area contributed by atoms with E-state index in [1.165, 1.54) is 0 Å². The number of phenols is 1. The molecule has 0 bridgehead atoms. The zero-order valence-corrected chi connectivity index (χ0v) is 9.14. The van der Waals surface area contributed by atoms with E-state index in [1.807, 2.05) is 12.3 Å². The highest BCUT2D eigenvalue weighted by molar-refractivity contribution is 7.98. The van der Waals surface area contributed by atoms with E-state index >= 15 is 0 Å². The average Bonchev–Trinajstić information content (AvgIpc) is 2.18. The van der Waals surface area contributed by atoms with E-state index in [4.69, 9.17) is 10.8 Å². The molecule has 0 spiro atoms. The van der Waals surface area contributed by atoms with E-state index in [1.54, 1.807) is 30.8 Å².